The van der Waals surface area contributed by atoms with Gasteiger partial charge in [-0.2, -0.15) is 0 Å². The SMILES string of the molecule is C[C@H]1O[C@H](O[C@H]2[C@H](O)[C@@H](OCCc3ccc(O)c(O)c3)O[C@@H](CO)[C@@H]2OC(=O)/C=C/c2ccc(O)c(O)c2)[C@@H](O)[C@@H](O)[C@@H]1O. The summed E-state index contributed by atoms with van der Waals surface area (Å²) in [6.45, 7) is 0.606. The van der Waals surface area contributed by atoms with Gasteiger partial charge >= 0.3 is 5.97 Å². The Kier molecular flexibility index (Phi) is 11.0. The summed E-state index contributed by atoms with van der Waals surface area (Å²) in [6.07, 6.45) is -12.6. The van der Waals surface area contributed by atoms with Gasteiger partial charge in [0.2, 0.25) is 0 Å². The van der Waals surface area contributed by atoms with Gasteiger partial charge in [-0.05, 0) is 54.8 Å². The smallest absolute Gasteiger partial charge is 0.331 e. The number of carbonyl (C=O) groups excluding carboxylic acids is 1. The van der Waals surface area contributed by atoms with E-state index in [0.29, 0.717) is 11.1 Å². The van der Waals surface area contributed by atoms with Gasteiger partial charge in [-0.25, -0.2) is 4.79 Å². The minimum atomic E-state index is -1.77. The number of ether oxygens (including phenoxy) is 5. The van der Waals surface area contributed by atoms with Crippen LogP contribution in [0.3, 0.4) is 0 Å². The summed E-state index contributed by atoms with van der Waals surface area (Å²) in [5, 5.41) is 90.5. The van der Waals surface area contributed by atoms with Crippen molar-refractivity contribution >= 4 is 12.0 Å². The van der Waals surface area contributed by atoms with E-state index in [1.165, 1.54) is 43.3 Å². The summed E-state index contributed by atoms with van der Waals surface area (Å²) >= 11 is 0. The molecule has 2 aromatic carbocycles. The molecule has 15 nitrogen and oxygen atoms in total. The van der Waals surface area contributed by atoms with E-state index in [1.807, 2.05) is 0 Å². The third-order valence-corrected chi connectivity index (χ3v) is 7.27. The van der Waals surface area contributed by atoms with Crippen LogP contribution in [0.25, 0.3) is 6.08 Å². The Hall–Kier alpha value is -3.51. The van der Waals surface area contributed by atoms with Gasteiger partial charge in [-0.3, -0.25) is 0 Å². The molecule has 15 heteroatoms. The largest absolute Gasteiger partial charge is 0.504 e. The standard InChI is InChI=1S/C29H36O15/c1-13-22(36)23(37)24(38)29(41-13)44-27-25(39)28(40-9-8-15-3-6-17(32)19(34)11-15)42-20(12-30)26(27)43-21(35)7-4-14-2-5-16(31)18(33)10-14/h2-7,10-11,13,20,22-34,36-39H,8-9,12H2,1H3/b7-4+/t13-,20+,22-,23+,24+,25+,26+,27+,28+,29-/m1/s1. The highest BCUT2D eigenvalue weighted by molar-refractivity contribution is 5.87. The topological polar surface area (TPSA) is 245 Å². The number of phenols is 4. The minimum Gasteiger partial charge on any atom is -0.504 e. The van der Waals surface area contributed by atoms with E-state index in [2.05, 4.69) is 0 Å². The fourth-order valence-electron chi connectivity index (χ4n) is 4.76. The highest BCUT2D eigenvalue weighted by Crippen LogP contribution is 2.32. The first-order valence-corrected chi connectivity index (χ1v) is 13.7. The van der Waals surface area contributed by atoms with Gasteiger partial charge in [0.05, 0.1) is 19.3 Å². The molecule has 0 amide bonds. The third kappa shape index (κ3) is 7.76. The van der Waals surface area contributed by atoms with Crippen LogP contribution < -0.4 is 0 Å². The van der Waals surface area contributed by atoms with Crippen molar-refractivity contribution < 1.29 is 74.4 Å². The number of phenolic OH excluding ortho intramolecular Hbond substituents is 4. The fraction of sp³-hybridized carbons (Fsp3) is 0.483. The molecule has 0 saturated carbocycles. The van der Waals surface area contributed by atoms with E-state index in [-0.39, 0.29) is 30.3 Å². The molecule has 2 heterocycles. The zero-order valence-corrected chi connectivity index (χ0v) is 23.5. The van der Waals surface area contributed by atoms with Gasteiger partial charge in [-0.15, -0.1) is 0 Å². The molecule has 2 fully saturated rings. The van der Waals surface area contributed by atoms with Crippen LogP contribution >= 0.6 is 0 Å². The van der Waals surface area contributed by atoms with Gasteiger partial charge in [-0.1, -0.05) is 12.1 Å². The van der Waals surface area contributed by atoms with Crippen molar-refractivity contribution in [3.8, 4) is 23.0 Å². The predicted octanol–water partition coefficient (Wildman–Crippen LogP) is -1.02. The second-order valence-electron chi connectivity index (χ2n) is 10.4. The van der Waals surface area contributed by atoms with Crippen LogP contribution in [-0.2, 0) is 34.9 Å². The molecule has 2 saturated heterocycles. The van der Waals surface area contributed by atoms with Crippen molar-refractivity contribution in [1.29, 1.82) is 0 Å². The van der Waals surface area contributed by atoms with Crippen LogP contribution in [0.15, 0.2) is 42.5 Å². The van der Waals surface area contributed by atoms with Gasteiger partial charge in [0.15, 0.2) is 41.7 Å². The summed E-state index contributed by atoms with van der Waals surface area (Å²) in [5.74, 6) is -2.40. The number of esters is 1. The first-order valence-electron chi connectivity index (χ1n) is 13.7. The molecular weight excluding hydrogens is 588 g/mol. The number of aliphatic hydroxyl groups excluding tert-OH is 5. The maximum Gasteiger partial charge on any atom is 0.331 e. The summed E-state index contributed by atoms with van der Waals surface area (Å²) in [4.78, 5) is 12.8. The molecule has 0 aliphatic carbocycles. The van der Waals surface area contributed by atoms with E-state index in [0.717, 1.165) is 6.08 Å². The van der Waals surface area contributed by atoms with Gasteiger partial charge < -0.3 is 69.6 Å². The van der Waals surface area contributed by atoms with E-state index in [1.54, 1.807) is 6.07 Å². The van der Waals surface area contributed by atoms with E-state index < -0.39 is 79.7 Å². The van der Waals surface area contributed by atoms with Gasteiger partial charge in [0.25, 0.3) is 0 Å². The average molecular weight is 625 g/mol. The lowest BCUT2D eigenvalue weighted by Crippen LogP contribution is -2.65. The maximum absolute atomic E-state index is 12.8. The highest BCUT2D eigenvalue weighted by atomic mass is 16.7. The average Bonchev–Trinajstić information content (AvgIpc) is 2.99. The Morgan fingerprint density at radius 1 is 0.818 bits per heavy atom. The molecular formula is C29H36O15. The minimum absolute atomic E-state index is 0.0754. The van der Waals surface area contributed by atoms with Crippen LogP contribution in [0.5, 0.6) is 23.0 Å². The maximum atomic E-state index is 12.8. The van der Waals surface area contributed by atoms with Gasteiger partial charge in [0, 0.05) is 6.08 Å². The number of benzene rings is 2. The molecule has 2 aromatic rings. The number of hydrogen-bond donors (Lipinski definition) is 9. The lowest BCUT2D eigenvalue weighted by molar-refractivity contribution is -0.357. The summed E-state index contributed by atoms with van der Waals surface area (Å²) in [6, 6.07) is 7.98. The molecule has 0 radical (unpaired) electrons. The highest BCUT2D eigenvalue weighted by Gasteiger charge is 2.52. The second-order valence-corrected chi connectivity index (χ2v) is 10.4. The first kappa shape index (κ1) is 33.4. The van der Waals surface area contributed by atoms with Gasteiger partial charge in [0.1, 0.15) is 36.6 Å². The number of aliphatic hydroxyl groups is 5. The zero-order chi connectivity index (χ0) is 32.1. The summed E-state index contributed by atoms with van der Waals surface area (Å²) in [7, 11) is 0. The number of aromatic hydroxyl groups is 4. The van der Waals surface area contributed by atoms with Crippen LogP contribution in [0.4, 0.5) is 0 Å². The predicted molar refractivity (Wildman–Crippen MR) is 147 cm³/mol. The number of hydrogen-bond acceptors (Lipinski definition) is 15. The Morgan fingerprint density at radius 3 is 2.16 bits per heavy atom. The molecule has 10 atom stereocenters. The van der Waals surface area contributed by atoms with Crippen molar-refractivity contribution in [1.82, 2.24) is 0 Å². The zero-order valence-electron chi connectivity index (χ0n) is 23.5. The Bertz CT molecular complexity index is 1300. The van der Waals surface area contributed by atoms with Crippen LogP contribution in [0.2, 0.25) is 0 Å². The van der Waals surface area contributed by atoms with Crippen molar-refractivity contribution in [2.75, 3.05) is 13.2 Å². The van der Waals surface area contributed by atoms with Crippen molar-refractivity contribution in [3.05, 3.63) is 53.6 Å². The van der Waals surface area contributed by atoms with E-state index in [9.17, 15) is 50.8 Å². The molecule has 0 unspecified atom stereocenters. The number of rotatable bonds is 10. The molecule has 2 aliphatic heterocycles. The first-order chi connectivity index (χ1) is 20.9. The molecule has 9 N–H and O–H groups in total. The molecule has 2 aliphatic rings. The molecule has 0 spiro atoms. The Balaban J connectivity index is 1.52. The summed E-state index contributed by atoms with van der Waals surface area (Å²) < 4.78 is 28.2. The lowest BCUT2D eigenvalue weighted by atomic mass is 9.97. The van der Waals surface area contributed by atoms with Crippen LogP contribution in [0, 0.1) is 0 Å². The molecule has 0 bridgehead atoms. The molecule has 0 aromatic heterocycles. The molecule has 44 heavy (non-hydrogen) atoms. The lowest BCUT2D eigenvalue weighted by Gasteiger charge is -2.46. The quantitative estimate of drug-likeness (QED) is 0.0873. The Morgan fingerprint density at radius 2 is 1.50 bits per heavy atom. The normalized spacial score (nSPS) is 32.5. The van der Waals surface area contributed by atoms with Crippen molar-refractivity contribution in [3.63, 3.8) is 0 Å². The van der Waals surface area contributed by atoms with Crippen LogP contribution in [0.1, 0.15) is 18.1 Å². The molecule has 242 valence electrons. The second kappa shape index (κ2) is 14.5. The van der Waals surface area contributed by atoms with Crippen LogP contribution in [-0.4, -0.2) is 127 Å². The van der Waals surface area contributed by atoms with E-state index in [4.69, 9.17) is 23.7 Å². The Labute approximate surface area is 251 Å². The third-order valence-electron chi connectivity index (χ3n) is 7.27. The fourth-order valence-corrected chi connectivity index (χ4v) is 4.76. The van der Waals surface area contributed by atoms with E-state index >= 15 is 0 Å². The molecule has 4 rings (SSSR count). The van der Waals surface area contributed by atoms with Crippen molar-refractivity contribution in [2.24, 2.45) is 0 Å². The summed E-state index contributed by atoms with van der Waals surface area (Å²) in [5.41, 5.74) is 0.914. The number of carbonyl (C=O) groups is 1. The van der Waals surface area contributed by atoms with Crippen molar-refractivity contribution in [2.45, 2.75) is 74.8 Å². The monoisotopic (exact) mass is 624 g/mol.